The van der Waals surface area contributed by atoms with E-state index in [0.717, 1.165) is 18.6 Å². The van der Waals surface area contributed by atoms with Crippen molar-refractivity contribution in [3.63, 3.8) is 0 Å². The fourth-order valence-electron chi connectivity index (χ4n) is 4.89. The first-order chi connectivity index (χ1) is 9.53. The lowest BCUT2D eigenvalue weighted by atomic mass is 9.50. The molecular formula is C18H26O2. The summed E-state index contributed by atoms with van der Waals surface area (Å²) in [6.45, 7) is 5.00. The van der Waals surface area contributed by atoms with Crippen molar-refractivity contribution in [2.75, 3.05) is 13.7 Å². The van der Waals surface area contributed by atoms with Gasteiger partial charge in [0.05, 0.1) is 7.11 Å². The van der Waals surface area contributed by atoms with E-state index in [0.29, 0.717) is 12.5 Å². The van der Waals surface area contributed by atoms with Crippen LogP contribution in [0.1, 0.15) is 50.7 Å². The fraction of sp³-hybridized carbons (Fsp3) is 0.667. The molecular weight excluding hydrogens is 248 g/mol. The van der Waals surface area contributed by atoms with E-state index in [1.807, 2.05) is 0 Å². The zero-order valence-corrected chi connectivity index (χ0v) is 12.9. The zero-order valence-electron chi connectivity index (χ0n) is 12.9. The molecule has 20 heavy (non-hydrogen) atoms. The largest absolute Gasteiger partial charge is 0.497 e. The van der Waals surface area contributed by atoms with Crippen molar-refractivity contribution in [1.29, 1.82) is 0 Å². The van der Waals surface area contributed by atoms with Gasteiger partial charge in [-0.1, -0.05) is 26.3 Å². The van der Waals surface area contributed by atoms with Gasteiger partial charge in [0, 0.05) is 6.61 Å². The normalized spacial score (nSPS) is 36.1. The molecule has 1 aromatic rings. The zero-order chi connectivity index (χ0) is 14.4. The Hall–Kier alpha value is -1.02. The van der Waals surface area contributed by atoms with Crippen LogP contribution < -0.4 is 4.74 Å². The van der Waals surface area contributed by atoms with E-state index in [9.17, 15) is 5.11 Å². The molecule has 2 aliphatic rings. The summed E-state index contributed by atoms with van der Waals surface area (Å²) >= 11 is 0. The highest BCUT2D eigenvalue weighted by Crippen LogP contribution is 2.57. The van der Waals surface area contributed by atoms with Crippen LogP contribution in [-0.2, 0) is 11.8 Å². The van der Waals surface area contributed by atoms with Gasteiger partial charge in [0.15, 0.2) is 0 Å². The van der Waals surface area contributed by atoms with Crippen LogP contribution in [0.4, 0.5) is 0 Å². The van der Waals surface area contributed by atoms with Gasteiger partial charge in [0.25, 0.3) is 0 Å². The lowest BCUT2D eigenvalue weighted by Crippen LogP contribution is -2.50. The van der Waals surface area contributed by atoms with Crippen molar-refractivity contribution in [2.24, 2.45) is 11.3 Å². The van der Waals surface area contributed by atoms with Gasteiger partial charge in [-0.15, -0.1) is 0 Å². The van der Waals surface area contributed by atoms with Gasteiger partial charge < -0.3 is 9.84 Å². The van der Waals surface area contributed by atoms with Gasteiger partial charge in [0.1, 0.15) is 5.75 Å². The molecule has 0 aromatic heterocycles. The van der Waals surface area contributed by atoms with Crippen LogP contribution in [-0.4, -0.2) is 18.8 Å². The first-order valence-corrected chi connectivity index (χ1v) is 7.82. The maximum absolute atomic E-state index is 9.93. The van der Waals surface area contributed by atoms with Gasteiger partial charge in [-0.2, -0.15) is 0 Å². The van der Waals surface area contributed by atoms with Crippen molar-refractivity contribution < 1.29 is 9.84 Å². The summed E-state index contributed by atoms with van der Waals surface area (Å²) in [6, 6.07) is 6.56. The molecule has 0 saturated heterocycles. The van der Waals surface area contributed by atoms with Crippen molar-refractivity contribution >= 4 is 0 Å². The summed E-state index contributed by atoms with van der Waals surface area (Å²) in [7, 11) is 1.74. The summed E-state index contributed by atoms with van der Waals surface area (Å²) in [5.74, 6) is 1.54. The summed E-state index contributed by atoms with van der Waals surface area (Å²) in [6.07, 6.45) is 5.93. The van der Waals surface area contributed by atoms with E-state index in [1.54, 1.807) is 7.11 Å². The first-order valence-electron chi connectivity index (χ1n) is 7.82. The monoisotopic (exact) mass is 274 g/mol. The predicted octanol–water partition coefficient (Wildman–Crippen LogP) is 3.70. The minimum atomic E-state index is 0.0771. The minimum absolute atomic E-state index is 0.0771. The topological polar surface area (TPSA) is 29.5 Å². The van der Waals surface area contributed by atoms with Gasteiger partial charge in [-0.25, -0.2) is 0 Å². The molecule has 1 saturated carbocycles. The molecule has 0 heterocycles. The Labute approximate surface area is 122 Å². The summed E-state index contributed by atoms with van der Waals surface area (Å²) in [5, 5.41) is 9.93. The number of aliphatic hydroxyl groups is 1. The second-order valence-corrected chi connectivity index (χ2v) is 7.20. The third kappa shape index (κ3) is 1.88. The lowest BCUT2D eigenvalue weighted by Gasteiger charge is -2.55. The number of methoxy groups -OCH3 is 1. The average Bonchev–Trinajstić information content (AvgIpc) is 2.46. The second kappa shape index (κ2) is 4.77. The Morgan fingerprint density at radius 2 is 2.10 bits per heavy atom. The highest BCUT2D eigenvalue weighted by molar-refractivity contribution is 5.43. The van der Waals surface area contributed by atoms with Crippen molar-refractivity contribution in [3.05, 3.63) is 29.3 Å². The van der Waals surface area contributed by atoms with E-state index in [2.05, 4.69) is 32.0 Å². The van der Waals surface area contributed by atoms with Crippen molar-refractivity contribution in [2.45, 2.75) is 51.4 Å². The molecule has 1 N–H and O–H groups in total. The van der Waals surface area contributed by atoms with Gasteiger partial charge in [-0.05, 0) is 65.7 Å². The second-order valence-electron chi connectivity index (χ2n) is 7.20. The molecule has 110 valence electrons. The highest BCUT2D eigenvalue weighted by Gasteiger charge is 2.51. The Morgan fingerprint density at radius 3 is 2.80 bits per heavy atom. The van der Waals surface area contributed by atoms with Crippen molar-refractivity contribution in [1.82, 2.24) is 0 Å². The molecule has 0 aliphatic heterocycles. The Bertz CT molecular complexity index is 510. The maximum Gasteiger partial charge on any atom is 0.119 e. The predicted molar refractivity (Wildman–Crippen MR) is 81.2 cm³/mol. The molecule has 2 nitrogen and oxygen atoms in total. The number of aliphatic hydroxyl groups excluding tert-OH is 1. The van der Waals surface area contributed by atoms with Crippen LogP contribution in [0.5, 0.6) is 5.75 Å². The molecule has 2 aliphatic carbocycles. The van der Waals surface area contributed by atoms with Crippen LogP contribution in [0.15, 0.2) is 18.2 Å². The maximum atomic E-state index is 9.93. The van der Waals surface area contributed by atoms with Crippen LogP contribution in [0.25, 0.3) is 0 Å². The Morgan fingerprint density at radius 1 is 1.30 bits per heavy atom. The van der Waals surface area contributed by atoms with Crippen molar-refractivity contribution in [3.8, 4) is 5.75 Å². The number of aryl methyl sites for hydroxylation is 1. The van der Waals surface area contributed by atoms with Gasteiger partial charge >= 0.3 is 0 Å². The van der Waals surface area contributed by atoms with Gasteiger partial charge in [-0.3, -0.25) is 0 Å². The van der Waals surface area contributed by atoms with E-state index in [1.165, 1.54) is 30.4 Å². The fourth-order valence-corrected chi connectivity index (χ4v) is 4.89. The molecule has 1 fully saturated rings. The average molecular weight is 274 g/mol. The van der Waals surface area contributed by atoms with Crippen LogP contribution in [0.2, 0.25) is 0 Å². The van der Waals surface area contributed by atoms with E-state index >= 15 is 0 Å². The quantitative estimate of drug-likeness (QED) is 0.891. The highest BCUT2D eigenvalue weighted by atomic mass is 16.5. The summed E-state index contributed by atoms with van der Waals surface area (Å²) < 4.78 is 5.43. The molecule has 0 spiro atoms. The van der Waals surface area contributed by atoms with E-state index in [-0.39, 0.29) is 10.8 Å². The van der Waals surface area contributed by atoms with Gasteiger partial charge in [0.2, 0.25) is 0 Å². The van der Waals surface area contributed by atoms with E-state index < -0.39 is 0 Å². The van der Waals surface area contributed by atoms with E-state index in [4.69, 9.17) is 4.74 Å². The lowest BCUT2D eigenvalue weighted by molar-refractivity contribution is -0.0179. The number of hydrogen-bond acceptors (Lipinski definition) is 2. The van der Waals surface area contributed by atoms with Crippen LogP contribution in [0.3, 0.4) is 0 Å². The third-order valence-corrected chi connectivity index (χ3v) is 6.05. The molecule has 0 unspecified atom stereocenters. The molecule has 1 aromatic carbocycles. The summed E-state index contributed by atoms with van der Waals surface area (Å²) in [5.41, 5.74) is 3.21. The molecule has 0 amide bonds. The molecule has 3 rings (SSSR count). The molecule has 2 heteroatoms. The SMILES string of the molecule is COc1ccc2c(c1)[C@]1(C)CCC[C@](C)(CO)[C@H]1CC2. The Balaban J connectivity index is 2.09. The molecule has 0 bridgehead atoms. The number of rotatable bonds is 2. The molecule has 3 atom stereocenters. The first kappa shape index (κ1) is 13.9. The summed E-state index contributed by atoms with van der Waals surface area (Å²) in [4.78, 5) is 0. The minimum Gasteiger partial charge on any atom is -0.497 e. The number of fused-ring (bicyclic) bond motifs is 3. The molecule has 0 radical (unpaired) electrons. The van der Waals surface area contributed by atoms with Crippen LogP contribution >= 0.6 is 0 Å². The number of ether oxygens (including phenoxy) is 1. The Kier molecular flexibility index (Phi) is 3.32. The third-order valence-electron chi connectivity index (χ3n) is 6.05. The smallest absolute Gasteiger partial charge is 0.119 e. The standard InChI is InChI=1S/C18H26O2/c1-17(12-19)9-4-10-18(2)15-11-14(20-3)7-5-13(15)6-8-16(17)18/h5,7,11,16,19H,4,6,8-10,12H2,1-3H3/t16-,17-,18+/m1/s1. The number of hydrogen-bond donors (Lipinski definition) is 1. The van der Waals surface area contributed by atoms with Crippen LogP contribution in [0, 0.1) is 11.3 Å². The number of benzene rings is 1.